The number of anilines is 1. The lowest BCUT2D eigenvalue weighted by Gasteiger charge is -2.18. The summed E-state index contributed by atoms with van der Waals surface area (Å²) >= 11 is 1.59. The highest BCUT2D eigenvalue weighted by atomic mass is 32.2. The Morgan fingerprint density at radius 2 is 1.77 bits per heavy atom. The molecule has 1 aromatic carbocycles. The Hall–Kier alpha value is -2.41. The topological polar surface area (TPSA) is 101 Å². The molecule has 6 nitrogen and oxygen atoms in total. The molecule has 1 amide bonds. The number of nitrogens with one attached hydrogen (secondary N) is 1. The predicted octanol–water partition coefficient (Wildman–Crippen LogP) is 4.94. The molecule has 2 bridgehead atoms. The van der Waals surface area contributed by atoms with Gasteiger partial charge in [-0.1, -0.05) is 11.2 Å². The number of oxime groups is 1. The van der Waals surface area contributed by atoms with E-state index in [4.69, 9.17) is 4.42 Å². The van der Waals surface area contributed by atoms with Crippen LogP contribution in [0.25, 0.3) is 0 Å². The Morgan fingerprint density at radius 3 is 2.42 bits per heavy atom. The van der Waals surface area contributed by atoms with E-state index < -0.39 is 0 Å². The van der Waals surface area contributed by atoms with Gasteiger partial charge in [0.15, 0.2) is 5.09 Å². The molecule has 7 heteroatoms. The third kappa shape index (κ3) is 3.73. The second-order valence-corrected chi connectivity index (χ2v) is 9.89. The lowest BCUT2D eigenvalue weighted by Crippen LogP contribution is -2.18. The highest BCUT2D eigenvalue weighted by Gasteiger charge is 2.40. The largest absolute Gasteiger partial charge is 0.452 e. The second kappa shape index (κ2) is 8.26. The average Bonchev–Trinajstić information content (AvgIpc) is 3.51. The molecule has 0 saturated heterocycles. The Labute approximate surface area is 186 Å². The number of carbonyl (C=O) groups is 1. The lowest BCUT2D eigenvalue weighted by molar-refractivity contribution is -0.115. The fourth-order valence-electron chi connectivity index (χ4n) is 5.80. The number of hydrogen-bond donors (Lipinski definition) is 3. The number of nitrogens with zero attached hydrogens (tertiary/aromatic N) is 1. The van der Waals surface area contributed by atoms with Crippen molar-refractivity contribution in [3.05, 3.63) is 45.7 Å². The van der Waals surface area contributed by atoms with Gasteiger partial charge < -0.3 is 20.1 Å². The molecule has 1 heterocycles. The number of furan rings is 1. The third-order valence-corrected chi connectivity index (χ3v) is 7.75. The Morgan fingerprint density at radius 1 is 1.13 bits per heavy atom. The van der Waals surface area contributed by atoms with Gasteiger partial charge >= 0.3 is 0 Å². The molecule has 164 valence electrons. The SMILES string of the molecule is CC(N)=O.O/N=C1\c2cc(SNc3c4c(cc5c3CCC5)CCC4)oc2C2CCC1C2. The molecule has 0 aliphatic heterocycles. The molecule has 0 spiro atoms. The minimum atomic E-state index is -0.333. The van der Waals surface area contributed by atoms with E-state index >= 15 is 0 Å². The van der Waals surface area contributed by atoms with Crippen LogP contribution in [0, 0.1) is 5.92 Å². The molecule has 31 heavy (non-hydrogen) atoms. The molecule has 1 fully saturated rings. The molecule has 1 aromatic heterocycles. The maximum absolute atomic E-state index is 9.51. The standard InChI is InChI=1S/C22H24N2O2S.C2H5NO/c25-23-20-14-7-8-15(10-14)22-18(20)11-19(26-22)27-24-21-16-5-1-3-12(16)9-13-4-2-6-17(13)21;1-2(3)4/h9,11,14-15,24-25H,1-8,10H2;1H3,(H2,3,4)/b23-20-;. The van der Waals surface area contributed by atoms with Gasteiger partial charge in [0.05, 0.1) is 11.4 Å². The van der Waals surface area contributed by atoms with Crippen LogP contribution in [0.1, 0.15) is 78.5 Å². The summed E-state index contributed by atoms with van der Waals surface area (Å²) in [6, 6.07) is 4.54. The normalized spacial score (nSPS) is 23.7. The first-order valence-corrected chi connectivity index (χ1v) is 12.1. The first-order valence-electron chi connectivity index (χ1n) is 11.3. The van der Waals surface area contributed by atoms with Crippen LogP contribution < -0.4 is 10.5 Å². The molecular formula is C24H29N3O3S. The minimum absolute atomic E-state index is 0.333. The predicted molar refractivity (Wildman–Crippen MR) is 122 cm³/mol. The number of aryl methyl sites for hydroxylation is 2. The highest BCUT2D eigenvalue weighted by molar-refractivity contribution is 8.00. The van der Waals surface area contributed by atoms with Crippen LogP contribution in [0.4, 0.5) is 5.69 Å². The van der Waals surface area contributed by atoms with Gasteiger partial charge in [-0.3, -0.25) is 4.79 Å². The summed E-state index contributed by atoms with van der Waals surface area (Å²) < 4.78 is 9.91. The van der Waals surface area contributed by atoms with Crippen molar-refractivity contribution in [2.75, 3.05) is 4.72 Å². The summed E-state index contributed by atoms with van der Waals surface area (Å²) in [7, 11) is 0. The monoisotopic (exact) mass is 439 g/mol. The fraction of sp³-hybridized carbons (Fsp3) is 0.500. The second-order valence-electron chi connectivity index (χ2n) is 9.08. The average molecular weight is 440 g/mol. The molecule has 4 N–H and O–H groups in total. The number of nitrogens with two attached hydrogens (primary N) is 1. The van der Waals surface area contributed by atoms with Crippen LogP contribution >= 0.6 is 11.9 Å². The van der Waals surface area contributed by atoms with Crippen molar-refractivity contribution >= 4 is 29.3 Å². The molecule has 2 atom stereocenters. The number of amides is 1. The van der Waals surface area contributed by atoms with E-state index in [0.29, 0.717) is 11.8 Å². The summed E-state index contributed by atoms with van der Waals surface area (Å²) in [6.45, 7) is 1.31. The third-order valence-electron chi connectivity index (χ3n) is 7.04. The van der Waals surface area contributed by atoms with Crippen molar-refractivity contribution in [1.82, 2.24) is 0 Å². The van der Waals surface area contributed by atoms with Crippen molar-refractivity contribution in [2.45, 2.75) is 75.7 Å². The van der Waals surface area contributed by atoms with Crippen molar-refractivity contribution in [2.24, 2.45) is 16.8 Å². The van der Waals surface area contributed by atoms with Gasteiger partial charge in [-0.05, 0) is 80.0 Å². The lowest BCUT2D eigenvalue weighted by atomic mass is 9.86. The van der Waals surface area contributed by atoms with E-state index in [1.807, 2.05) is 0 Å². The van der Waals surface area contributed by atoms with Gasteiger partial charge in [-0.15, -0.1) is 0 Å². The van der Waals surface area contributed by atoms with Crippen LogP contribution in [0.5, 0.6) is 0 Å². The number of hydrogen-bond acceptors (Lipinski definition) is 6. The van der Waals surface area contributed by atoms with E-state index in [1.54, 1.807) is 23.1 Å². The molecule has 0 radical (unpaired) electrons. The summed E-state index contributed by atoms with van der Waals surface area (Å²) in [5.74, 6) is 1.59. The smallest absolute Gasteiger partial charge is 0.214 e. The molecule has 4 aliphatic rings. The number of carbonyl (C=O) groups excluding carboxylic acids is 1. The van der Waals surface area contributed by atoms with Crippen molar-refractivity contribution in [3.63, 3.8) is 0 Å². The molecule has 6 rings (SSSR count). The van der Waals surface area contributed by atoms with Crippen LogP contribution in [-0.4, -0.2) is 16.8 Å². The van der Waals surface area contributed by atoms with Crippen molar-refractivity contribution in [3.8, 4) is 0 Å². The summed E-state index contributed by atoms with van der Waals surface area (Å²) in [6.07, 6.45) is 10.7. The zero-order valence-corrected chi connectivity index (χ0v) is 18.7. The van der Waals surface area contributed by atoms with Crippen molar-refractivity contribution < 1.29 is 14.4 Å². The number of fused-ring (bicyclic) bond motifs is 6. The maximum Gasteiger partial charge on any atom is 0.214 e. The maximum atomic E-state index is 9.51. The molecule has 2 aromatic rings. The highest BCUT2D eigenvalue weighted by Crippen LogP contribution is 2.48. The fourth-order valence-corrected chi connectivity index (χ4v) is 6.56. The number of primary amides is 1. The Balaban J connectivity index is 0.000000473. The van der Waals surface area contributed by atoms with Crippen molar-refractivity contribution in [1.29, 1.82) is 0 Å². The van der Waals surface area contributed by atoms with Gasteiger partial charge in [0.25, 0.3) is 0 Å². The van der Waals surface area contributed by atoms with E-state index in [-0.39, 0.29) is 5.91 Å². The zero-order valence-electron chi connectivity index (χ0n) is 17.9. The summed E-state index contributed by atoms with van der Waals surface area (Å²) in [5.41, 5.74) is 13.8. The van der Waals surface area contributed by atoms with E-state index in [1.165, 1.54) is 62.3 Å². The van der Waals surface area contributed by atoms with Gasteiger partial charge in [0.1, 0.15) is 5.76 Å². The first-order chi connectivity index (χ1) is 15.0. The van der Waals surface area contributed by atoms with Gasteiger partial charge in [-0.25, -0.2) is 0 Å². The molecular weight excluding hydrogens is 410 g/mol. The van der Waals surface area contributed by atoms with Crippen LogP contribution in [-0.2, 0) is 30.5 Å². The number of benzene rings is 1. The van der Waals surface area contributed by atoms with Crippen LogP contribution in [0.3, 0.4) is 0 Å². The van der Waals surface area contributed by atoms with Gasteiger partial charge in [0, 0.05) is 42.3 Å². The Bertz CT molecular complexity index is 1020. The Kier molecular flexibility index (Phi) is 5.46. The molecule has 2 unspecified atom stereocenters. The van der Waals surface area contributed by atoms with Crippen LogP contribution in [0.15, 0.2) is 26.8 Å². The van der Waals surface area contributed by atoms with Gasteiger partial charge in [0.2, 0.25) is 5.91 Å². The van der Waals surface area contributed by atoms with Gasteiger partial charge in [-0.2, -0.15) is 0 Å². The minimum Gasteiger partial charge on any atom is -0.452 e. The van der Waals surface area contributed by atoms with E-state index in [0.717, 1.165) is 41.4 Å². The van der Waals surface area contributed by atoms with E-state index in [9.17, 15) is 10.0 Å². The quantitative estimate of drug-likeness (QED) is 0.357. The number of rotatable bonds is 3. The van der Waals surface area contributed by atoms with Crippen LogP contribution in [0.2, 0.25) is 0 Å². The zero-order chi connectivity index (χ0) is 21.5. The summed E-state index contributed by atoms with van der Waals surface area (Å²) in [5, 5.41) is 14.0. The van der Waals surface area contributed by atoms with E-state index in [2.05, 4.69) is 27.7 Å². The summed E-state index contributed by atoms with van der Waals surface area (Å²) in [4.78, 5) is 9.22. The molecule has 4 aliphatic carbocycles. The first kappa shape index (κ1) is 20.5. The molecule has 1 saturated carbocycles.